The second-order valence-electron chi connectivity index (χ2n) is 3.64. The molecule has 0 saturated heterocycles. The van der Waals surface area contributed by atoms with Gasteiger partial charge in [-0.3, -0.25) is 14.9 Å². The highest BCUT2D eigenvalue weighted by Gasteiger charge is 2.20. The lowest BCUT2D eigenvalue weighted by Crippen LogP contribution is -2.36. The fourth-order valence-electron chi connectivity index (χ4n) is 1.48. The van der Waals surface area contributed by atoms with Crippen LogP contribution >= 0.6 is 11.6 Å². The Morgan fingerprint density at radius 3 is 2.68 bits per heavy atom. The van der Waals surface area contributed by atoms with Gasteiger partial charge in [0, 0.05) is 30.1 Å². The van der Waals surface area contributed by atoms with Crippen LogP contribution in [0, 0.1) is 10.1 Å². The monoisotopic (exact) mass is 292 g/mol. The van der Waals surface area contributed by atoms with Crippen molar-refractivity contribution in [3.63, 3.8) is 0 Å². The predicted molar refractivity (Wildman–Crippen MR) is 65.7 cm³/mol. The average Bonchev–Trinajstić information content (AvgIpc) is 2.37. The summed E-state index contributed by atoms with van der Waals surface area (Å²) in [7, 11) is 0. The summed E-state index contributed by atoms with van der Waals surface area (Å²) in [6, 6.07) is 4.93. The zero-order valence-corrected chi connectivity index (χ0v) is 10.5. The Bertz CT molecular complexity index is 471. The Labute approximate surface area is 112 Å². The van der Waals surface area contributed by atoms with Gasteiger partial charge < -0.3 is 4.90 Å². The molecule has 0 unspecified atom stereocenters. The van der Waals surface area contributed by atoms with E-state index in [1.54, 1.807) is 0 Å². The van der Waals surface area contributed by atoms with Crippen LogP contribution in [0.5, 0.6) is 0 Å². The van der Waals surface area contributed by atoms with E-state index in [2.05, 4.69) is 0 Å². The molecule has 1 aromatic carbocycles. The Morgan fingerprint density at radius 2 is 2.16 bits per heavy atom. The Hall–Kier alpha value is -1.76. The third kappa shape index (κ3) is 4.44. The summed E-state index contributed by atoms with van der Waals surface area (Å²) in [5, 5.41) is 10.6. The average molecular weight is 293 g/mol. The van der Waals surface area contributed by atoms with Crippen LogP contribution in [0.2, 0.25) is 0 Å². The molecule has 104 valence electrons. The molecule has 1 amide bonds. The second-order valence-corrected chi connectivity index (χ2v) is 4.02. The number of carbonyl (C=O) groups is 1. The van der Waals surface area contributed by atoms with E-state index in [1.807, 2.05) is 0 Å². The Kier molecular flexibility index (Phi) is 5.62. The fraction of sp³-hybridized carbons (Fsp3) is 0.364. The number of alkyl halides is 3. The van der Waals surface area contributed by atoms with Crippen LogP contribution in [-0.2, 0) is 0 Å². The zero-order valence-electron chi connectivity index (χ0n) is 9.76. The number of nitro benzene ring substituents is 1. The molecule has 1 aromatic rings. The van der Waals surface area contributed by atoms with Gasteiger partial charge in [-0.15, -0.1) is 11.6 Å². The van der Waals surface area contributed by atoms with Gasteiger partial charge in [-0.1, -0.05) is 6.07 Å². The van der Waals surface area contributed by atoms with E-state index in [1.165, 1.54) is 18.2 Å². The molecule has 0 N–H and O–H groups in total. The first kappa shape index (κ1) is 15.3. The Morgan fingerprint density at radius 1 is 1.47 bits per heavy atom. The molecule has 0 aromatic heterocycles. The molecular weight excluding hydrogens is 282 g/mol. The van der Waals surface area contributed by atoms with Gasteiger partial charge in [0.2, 0.25) is 0 Å². The van der Waals surface area contributed by atoms with Gasteiger partial charge in [0.15, 0.2) is 0 Å². The number of halogens is 3. The molecule has 0 heterocycles. The topological polar surface area (TPSA) is 63.4 Å². The van der Waals surface area contributed by atoms with Crippen LogP contribution < -0.4 is 0 Å². The van der Waals surface area contributed by atoms with E-state index in [9.17, 15) is 23.7 Å². The van der Waals surface area contributed by atoms with Gasteiger partial charge in [-0.25, -0.2) is 8.78 Å². The largest absolute Gasteiger partial charge is 0.332 e. The van der Waals surface area contributed by atoms with Crippen molar-refractivity contribution in [2.45, 2.75) is 6.43 Å². The van der Waals surface area contributed by atoms with Gasteiger partial charge in [0.05, 0.1) is 11.5 Å². The van der Waals surface area contributed by atoms with Crippen molar-refractivity contribution in [2.75, 3.05) is 19.0 Å². The maximum absolute atomic E-state index is 12.3. The minimum absolute atomic E-state index is 0.00733. The number of benzene rings is 1. The third-order valence-electron chi connectivity index (χ3n) is 2.30. The van der Waals surface area contributed by atoms with Crippen molar-refractivity contribution in [2.24, 2.45) is 0 Å². The highest BCUT2D eigenvalue weighted by atomic mass is 35.5. The molecule has 5 nitrogen and oxygen atoms in total. The first-order chi connectivity index (χ1) is 8.95. The standard InChI is InChI=1S/C11H11ClF2N2O3/c12-4-5-15(7-10(13)14)11(17)8-2-1-3-9(6-8)16(18)19/h1-3,6,10H,4-5,7H2. The van der Waals surface area contributed by atoms with Gasteiger partial charge in [0.1, 0.15) is 0 Å². The quantitative estimate of drug-likeness (QED) is 0.460. The highest BCUT2D eigenvalue weighted by Crippen LogP contribution is 2.15. The lowest BCUT2D eigenvalue weighted by Gasteiger charge is -2.21. The van der Waals surface area contributed by atoms with Gasteiger partial charge >= 0.3 is 0 Å². The minimum Gasteiger partial charge on any atom is -0.332 e. The van der Waals surface area contributed by atoms with Crippen molar-refractivity contribution in [1.29, 1.82) is 0 Å². The highest BCUT2D eigenvalue weighted by molar-refractivity contribution is 6.18. The van der Waals surface area contributed by atoms with Crippen molar-refractivity contribution < 1.29 is 18.5 Å². The molecule has 1 rings (SSSR count). The van der Waals surface area contributed by atoms with E-state index < -0.39 is 23.8 Å². The van der Waals surface area contributed by atoms with Crippen LogP contribution in [0.15, 0.2) is 24.3 Å². The molecule has 0 bridgehead atoms. The molecule has 8 heteroatoms. The third-order valence-corrected chi connectivity index (χ3v) is 2.47. The summed E-state index contributed by atoms with van der Waals surface area (Å²) >= 11 is 5.45. The van der Waals surface area contributed by atoms with Crippen molar-refractivity contribution in [3.05, 3.63) is 39.9 Å². The molecular formula is C11H11ClF2N2O3. The SMILES string of the molecule is O=C(c1cccc([N+](=O)[O-])c1)N(CCCl)CC(F)F. The smallest absolute Gasteiger partial charge is 0.270 e. The van der Waals surface area contributed by atoms with E-state index in [-0.39, 0.29) is 23.7 Å². The molecule has 0 spiro atoms. The number of nitro groups is 1. The number of rotatable bonds is 6. The number of nitrogens with zero attached hydrogens (tertiary/aromatic N) is 2. The first-order valence-corrected chi connectivity index (χ1v) is 5.87. The lowest BCUT2D eigenvalue weighted by atomic mass is 10.1. The molecule has 0 aliphatic rings. The Balaban J connectivity index is 2.95. The van der Waals surface area contributed by atoms with E-state index >= 15 is 0 Å². The normalized spacial score (nSPS) is 10.5. The van der Waals surface area contributed by atoms with Crippen molar-refractivity contribution in [1.82, 2.24) is 4.90 Å². The number of amides is 1. The predicted octanol–water partition coefficient (Wildman–Crippen LogP) is 2.54. The van der Waals surface area contributed by atoms with Gasteiger partial charge in [0.25, 0.3) is 18.0 Å². The summed E-state index contributed by atoms with van der Waals surface area (Å²) < 4.78 is 24.7. The maximum atomic E-state index is 12.3. The first-order valence-electron chi connectivity index (χ1n) is 5.33. The minimum atomic E-state index is -2.69. The van der Waals surface area contributed by atoms with Crippen LogP contribution in [0.1, 0.15) is 10.4 Å². The molecule has 0 aliphatic carbocycles. The lowest BCUT2D eigenvalue weighted by molar-refractivity contribution is -0.384. The maximum Gasteiger partial charge on any atom is 0.270 e. The molecule has 0 aliphatic heterocycles. The summed E-state index contributed by atoms with van der Waals surface area (Å²) in [5.74, 6) is -0.697. The second kappa shape index (κ2) is 6.98. The van der Waals surface area contributed by atoms with Crippen LogP contribution in [0.25, 0.3) is 0 Å². The molecule has 19 heavy (non-hydrogen) atoms. The molecule has 0 radical (unpaired) electrons. The van der Waals surface area contributed by atoms with E-state index in [4.69, 9.17) is 11.6 Å². The molecule has 0 saturated carbocycles. The number of hydrogen-bond donors (Lipinski definition) is 0. The number of non-ortho nitro benzene ring substituents is 1. The fourth-order valence-corrected chi connectivity index (χ4v) is 1.68. The summed E-state index contributed by atoms with van der Waals surface area (Å²) in [5.41, 5.74) is -0.284. The van der Waals surface area contributed by atoms with Crippen molar-refractivity contribution >= 4 is 23.2 Å². The van der Waals surface area contributed by atoms with Crippen molar-refractivity contribution in [3.8, 4) is 0 Å². The van der Waals surface area contributed by atoms with Crippen LogP contribution in [-0.4, -0.2) is 41.1 Å². The number of hydrogen-bond acceptors (Lipinski definition) is 3. The molecule has 0 fully saturated rings. The molecule has 0 atom stereocenters. The summed E-state index contributed by atoms with van der Waals surface area (Å²) in [4.78, 5) is 22.8. The van der Waals surface area contributed by atoms with Gasteiger partial charge in [-0.05, 0) is 6.07 Å². The number of carbonyl (C=O) groups excluding carboxylic acids is 1. The van der Waals surface area contributed by atoms with Crippen LogP contribution in [0.4, 0.5) is 14.5 Å². The summed E-state index contributed by atoms with van der Waals surface area (Å²) in [6.45, 7) is -0.804. The summed E-state index contributed by atoms with van der Waals surface area (Å²) in [6.07, 6.45) is -2.69. The van der Waals surface area contributed by atoms with E-state index in [0.717, 1.165) is 11.0 Å². The van der Waals surface area contributed by atoms with E-state index in [0.29, 0.717) is 0 Å². The van der Waals surface area contributed by atoms with Gasteiger partial charge in [-0.2, -0.15) is 0 Å². The zero-order chi connectivity index (χ0) is 14.4. The van der Waals surface area contributed by atoms with Crippen LogP contribution in [0.3, 0.4) is 0 Å².